The molecule has 106 valence electrons. The van der Waals surface area contributed by atoms with Crippen LogP contribution in [0.3, 0.4) is 0 Å². The Morgan fingerprint density at radius 3 is 2.48 bits per heavy atom. The monoisotopic (exact) mass is 285 g/mol. The van der Waals surface area contributed by atoms with Crippen molar-refractivity contribution in [1.82, 2.24) is 4.57 Å². The predicted octanol–water partition coefficient (Wildman–Crippen LogP) is 1.39. The smallest absolute Gasteiger partial charge is 0.419 e. The lowest BCUT2D eigenvalue weighted by Gasteiger charge is -2.13. The van der Waals surface area contributed by atoms with Crippen molar-refractivity contribution in [2.75, 3.05) is 14.2 Å². The van der Waals surface area contributed by atoms with E-state index >= 15 is 0 Å². The van der Waals surface area contributed by atoms with E-state index in [2.05, 4.69) is 9.47 Å². The molecular weight excluding hydrogens is 274 g/mol. The Morgan fingerprint density at radius 2 is 1.90 bits per heavy atom. The molecule has 0 atom stereocenters. The highest BCUT2D eigenvalue weighted by atomic mass is 16.5. The molecule has 0 spiro atoms. The lowest BCUT2D eigenvalue weighted by atomic mass is 10.0. The lowest BCUT2D eigenvalue weighted by molar-refractivity contribution is 0.0602. The Bertz CT molecular complexity index is 846. The first-order valence-electron chi connectivity index (χ1n) is 5.85. The normalized spacial score (nSPS) is 9.95. The third-order valence-electron chi connectivity index (χ3n) is 2.98. The summed E-state index contributed by atoms with van der Waals surface area (Å²) in [6, 6.07) is 8.20. The summed E-state index contributed by atoms with van der Waals surface area (Å²) in [6.07, 6.45) is -0.816. The highest BCUT2D eigenvalue weighted by Crippen LogP contribution is 2.20. The van der Waals surface area contributed by atoms with Crippen molar-refractivity contribution < 1.29 is 19.1 Å². The number of carbonyl (C=O) groups is 2. The summed E-state index contributed by atoms with van der Waals surface area (Å²) in [5.41, 5.74) is -0.427. The standard InChI is InChI=1S/C14H11N3O4/c1-20-13(18)11-8-5-3-4-6-10(8)17(14(19)21-2)12(16)9(11)7-15/h3-6,16H,1-2H3. The number of esters is 1. The maximum absolute atomic E-state index is 11.9. The van der Waals surface area contributed by atoms with Gasteiger partial charge in [0.15, 0.2) is 5.49 Å². The number of carbonyl (C=O) groups excluding carboxylic acids is 2. The van der Waals surface area contributed by atoms with E-state index in [9.17, 15) is 14.9 Å². The number of aromatic nitrogens is 1. The van der Waals surface area contributed by atoms with Gasteiger partial charge >= 0.3 is 12.1 Å². The number of fused-ring (bicyclic) bond motifs is 1. The number of rotatable bonds is 1. The third-order valence-corrected chi connectivity index (χ3v) is 2.98. The van der Waals surface area contributed by atoms with E-state index in [1.165, 1.54) is 14.2 Å². The molecule has 0 fully saturated rings. The lowest BCUT2D eigenvalue weighted by Crippen LogP contribution is -2.31. The highest BCUT2D eigenvalue weighted by Gasteiger charge is 2.23. The number of nitrogens with one attached hydrogen (secondary N) is 1. The van der Waals surface area contributed by atoms with E-state index in [0.29, 0.717) is 5.39 Å². The molecule has 0 aliphatic rings. The first-order valence-corrected chi connectivity index (χ1v) is 5.85. The molecule has 0 radical (unpaired) electrons. The molecule has 2 rings (SSSR count). The first-order chi connectivity index (χ1) is 10.1. The second kappa shape index (κ2) is 5.46. The second-order valence-electron chi connectivity index (χ2n) is 4.02. The van der Waals surface area contributed by atoms with Crippen molar-refractivity contribution in [3.8, 4) is 6.07 Å². The van der Waals surface area contributed by atoms with Crippen LogP contribution in [0.5, 0.6) is 0 Å². The van der Waals surface area contributed by atoms with Crippen molar-refractivity contribution in [3.05, 3.63) is 40.9 Å². The Hall–Kier alpha value is -3.14. The number of nitriles is 1. The quantitative estimate of drug-likeness (QED) is 0.797. The van der Waals surface area contributed by atoms with E-state index in [-0.39, 0.29) is 16.6 Å². The number of methoxy groups -OCH3 is 2. The van der Waals surface area contributed by atoms with Crippen LogP contribution < -0.4 is 5.49 Å². The number of para-hydroxylation sites is 1. The molecule has 0 amide bonds. The summed E-state index contributed by atoms with van der Waals surface area (Å²) in [7, 11) is 2.35. The average molecular weight is 285 g/mol. The zero-order chi connectivity index (χ0) is 15.6. The molecule has 7 heteroatoms. The second-order valence-corrected chi connectivity index (χ2v) is 4.02. The van der Waals surface area contributed by atoms with Gasteiger partial charge in [-0.15, -0.1) is 0 Å². The molecule has 1 heterocycles. The van der Waals surface area contributed by atoms with Crippen LogP contribution in [0.25, 0.3) is 10.9 Å². The summed E-state index contributed by atoms with van der Waals surface area (Å²) in [5, 5.41) is 17.6. The molecule has 1 aromatic heterocycles. The fourth-order valence-electron chi connectivity index (χ4n) is 2.07. The summed E-state index contributed by atoms with van der Waals surface area (Å²) < 4.78 is 10.2. The van der Waals surface area contributed by atoms with E-state index in [4.69, 9.17) is 5.41 Å². The van der Waals surface area contributed by atoms with Crippen LogP contribution in [0.1, 0.15) is 15.9 Å². The number of hydrogen-bond acceptors (Lipinski definition) is 6. The molecule has 21 heavy (non-hydrogen) atoms. The van der Waals surface area contributed by atoms with Gasteiger partial charge in [-0.2, -0.15) is 5.26 Å². The summed E-state index contributed by atoms with van der Waals surface area (Å²) in [4.78, 5) is 23.8. The fraction of sp³-hybridized carbons (Fsp3) is 0.143. The molecule has 0 bridgehead atoms. The van der Waals surface area contributed by atoms with Crippen molar-refractivity contribution in [2.24, 2.45) is 0 Å². The van der Waals surface area contributed by atoms with Gasteiger partial charge in [0.2, 0.25) is 0 Å². The van der Waals surface area contributed by atoms with Gasteiger partial charge < -0.3 is 9.47 Å². The van der Waals surface area contributed by atoms with Gasteiger partial charge in [0.25, 0.3) is 0 Å². The Balaban J connectivity index is 3.08. The zero-order valence-corrected chi connectivity index (χ0v) is 11.3. The van der Waals surface area contributed by atoms with Gasteiger partial charge in [0.05, 0.1) is 25.3 Å². The predicted molar refractivity (Wildman–Crippen MR) is 71.7 cm³/mol. The van der Waals surface area contributed by atoms with Crippen LogP contribution in [0.2, 0.25) is 0 Å². The highest BCUT2D eigenvalue weighted by molar-refractivity contribution is 6.07. The number of pyridine rings is 1. The minimum Gasteiger partial charge on any atom is -0.465 e. The van der Waals surface area contributed by atoms with Crippen molar-refractivity contribution >= 4 is 23.0 Å². The molecule has 2 aromatic rings. The first kappa shape index (κ1) is 14.3. The minimum absolute atomic E-state index is 0.0410. The van der Waals surface area contributed by atoms with Crippen LogP contribution >= 0.6 is 0 Å². The Kier molecular flexibility index (Phi) is 3.71. The number of ether oxygens (including phenoxy) is 2. The molecule has 0 unspecified atom stereocenters. The fourth-order valence-corrected chi connectivity index (χ4v) is 2.07. The van der Waals surface area contributed by atoms with Crippen molar-refractivity contribution in [3.63, 3.8) is 0 Å². The van der Waals surface area contributed by atoms with E-state index in [1.807, 2.05) is 0 Å². The maximum atomic E-state index is 11.9. The molecule has 0 aliphatic carbocycles. The number of benzene rings is 1. The molecule has 1 aromatic carbocycles. The van der Waals surface area contributed by atoms with Crippen LogP contribution in [0, 0.1) is 16.7 Å². The van der Waals surface area contributed by atoms with Gasteiger partial charge in [-0.05, 0) is 6.07 Å². The van der Waals surface area contributed by atoms with Gasteiger partial charge in [0.1, 0.15) is 11.6 Å². The summed E-state index contributed by atoms with van der Waals surface area (Å²) in [5.74, 6) is -0.742. The summed E-state index contributed by atoms with van der Waals surface area (Å²) in [6.45, 7) is 0. The van der Waals surface area contributed by atoms with Gasteiger partial charge in [0, 0.05) is 5.39 Å². The third kappa shape index (κ3) is 2.12. The Morgan fingerprint density at radius 1 is 1.24 bits per heavy atom. The SMILES string of the molecule is COC(=O)c1c(C#N)c(=N)n(C(=O)OC)c2ccccc12. The maximum Gasteiger partial charge on any atom is 0.419 e. The van der Waals surface area contributed by atoms with E-state index in [0.717, 1.165) is 4.57 Å². The molecule has 7 nitrogen and oxygen atoms in total. The molecule has 0 saturated heterocycles. The molecule has 1 N–H and O–H groups in total. The number of hydrogen-bond donors (Lipinski definition) is 1. The van der Waals surface area contributed by atoms with Crippen LogP contribution in [-0.4, -0.2) is 30.8 Å². The summed E-state index contributed by atoms with van der Waals surface area (Å²) >= 11 is 0. The molecule has 0 saturated carbocycles. The molecule has 0 aliphatic heterocycles. The average Bonchev–Trinajstić information content (AvgIpc) is 2.52. The topological polar surface area (TPSA) is 105 Å². The minimum atomic E-state index is -0.816. The largest absolute Gasteiger partial charge is 0.465 e. The van der Waals surface area contributed by atoms with Crippen LogP contribution in [0.15, 0.2) is 24.3 Å². The zero-order valence-electron chi connectivity index (χ0n) is 11.3. The van der Waals surface area contributed by atoms with Crippen LogP contribution in [-0.2, 0) is 9.47 Å². The van der Waals surface area contributed by atoms with Crippen LogP contribution in [0.4, 0.5) is 4.79 Å². The Labute approximate surface area is 119 Å². The van der Waals surface area contributed by atoms with Crippen molar-refractivity contribution in [2.45, 2.75) is 0 Å². The van der Waals surface area contributed by atoms with E-state index in [1.54, 1.807) is 30.3 Å². The van der Waals surface area contributed by atoms with Gasteiger partial charge in [-0.1, -0.05) is 18.2 Å². The van der Waals surface area contributed by atoms with Crippen molar-refractivity contribution in [1.29, 1.82) is 10.7 Å². The van der Waals surface area contributed by atoms with E-state index < -0.39 is 17.6 Å². The molecular formula is C14H11N3O4. The van der Waals surface area contributed by atoms with Gasteiger partial charge in [-0.3, -0.25) is 5.41 Å². The number of nitrogens with zero attached hydrogens (tertiary/aromatic N) is 2. The van der Waals surface area contributed by atoms with Gasteiger partial charge in [-0.25, -0.2) is 14.2 Å².